The van der Waals surface area contributed by atoms with Gasteiger partial charge in [0, 0.05) is 19.2 Å². The molecule has 70 valence electrons. The summed E-state index contributed by atoms with van der Waals surface area (Å²) in [6.45, 7) is 4.02. The molecule has 1 heterocycles. The van der Waals surface area contributed by atoms with Gasteiger partial charge in [-0.05, 0) is 12.1 Å². The van der Waals surface area contributed by atoms with Crippen LogP contribution in [0.1, 0.15) is 13.8 Å². The highest BCUT2D eigenvalue weighted by Crippen LogP contribution is 2.12. The normalized spacial score (nSPS) is 10.2. The number of amidine groups is 1. The molecular formula is C10H15N3. The van der Waals surface area contributed by atoms with E-state index >= 15 is 0 Å². The van der Waals surface area contributed by atoms with Gasteiger partial charge in [0.2, 0.25) is 0 Å². The van der Waals surface area contributed by atoms with Gasteiger partial charge in [-0.3, -0.25) is 10.4 Å². The van der Waals surface area contributed by atoms with E-state index in [0.29, 0.717) is 5.84 Å². The second kappa shape index (κ2) is 4.03. The molecule has 0 fully saturated rings. The van der Waals surface area contributed by atoms with Crippen molar-refractivity contribution >= 4 is 11.5 Å². The Morgan fingerprint density at radius 1 is 1.54 bits per heavy atom. The van der Waals surface area contributed by atoms with Crippen molar-refractivity contribution in [3.63, 3.8) is 0 Å². The van der Waals surface area contributed by atoms with Gasteiger partial charge < -0.3 is 4.90 Å². The Morgan fingerprint density at radius 3 is 2.69 bits per heavy atom. The predicted octanol–water partition coefficient (Wildman–Crippen LogP) is 2.15. The van der Waals surface area contributed by atoms with Crippen LogP contribution in [0.15, 0.2) is 24.5 Å². The van der Waals surface area contributed by atoms with Crippen LogP contribution in [0.3, 0.4) is 0 Å². The van der Waals surface area contributed by atoms with Crippen molar-refractivity contribution in [2.24, 2.45) is 5.92 Å². The fraction of sp³-hybridized carbons (Fsp3) is 0.400. The van der Waals surface area contributed by atoms with Crippen LogP contribution in [0.4, 0.5) is 5.69 Å². The minimum absolute atomic E-state index is 0.241. The van der Waals surface area contributed by atoms with Crippen molar-refractivity contribution < 1.29 is 0 Å². The summed E-state index contributed by atoms with van der Waals surface area (Å²) >= 11 is 0. The largest absolute Gasteiger partial charge is 0.332 e. The minimum Gasteiger partial charge on any atom is -0.332 e. The van der Waals surface area contributed by atoms with E-state index in [2.05, 4.69) is 4.98 Å². The molecule has 0 radical (unpaired) electrons. The van der Waals surface area contributed by atoms with Crippen molar-refractivity contribution in [3.8, 4) is 0 Å². The third-order valence-electron chi connectivity index (χ3n) is 1.94. The highest BCUT2D eigenvalue weighted by molar-refractivity contribution is 5.96. The summed E-state index contributed by atoms with van der Waals surface area (Å²) in [7, 11) is 1.89. The van der Waals surface area contributed by atoms with E-state index in [1.165, 1.54) is 0 Å². The Balaban J connectivity index is 2.80. The van der Waals surface area contributed by atoms with E-state index in [4.69, 9.17) is 5.41 Å². The Labute approximate surface area is 78.9 Å². The molecule has 0 aliphatic heterocycles. The Hall–Kier alpha value is -1.38. The third-order valence-corrected chi connectivity index (χ3v) is 1.94. The lowest BCUT2D eigenvalue weighted by atomic mass is 10.2. The molecule has 0 amide bonds. The Kier molecular flexibility index (Phi) is 3.01. The zero-order chi connectivity index (χ0) is 9.84. The molecule has 1 aromatic rings. The van der Waals surface area contributed by atoms with Crippen LogP contribution in [0.25, 0.3) is 0 Å². The zero-order valence-corrected chi connectivity index (χ0v) is 8.28. The van der Waals surface area contributed by atoms with Crippen molar-refractivity contribution in [1.82, 2.24) is 4.98 Å². The molecule has 1 aromatic heterocycles. The summed E-state index contributed by atoms with van der Waals surface area (Å²) in [5, 5.41) is 7.79. The first-order valence-electron chi connectivity index (χ1n) is 4.35. The van der Waals surface area contributed by atoms with Gasteiger partial charge in [0.05, 0.1) is 11.9 Å². The van der Waals surface area contributed by atoms with Crippen molar-refractivity contribution in [2.75, 3.05) is 11.9 Å². The molecule has 0 bridgehead atoms. The first kappa shape index (κ1) is 9.71. The molecule has 0 saturated heterocycles. The van der Waals surface area contributed by atoms with Crippen LogP contribution in [0.5, 0.6) is 0 Å². The number of hydrogen-bond acceptors (Lipinski definition) is 2. The lowest BCUT2D eigenvalue weighted by Gasteiger charge is -2.21. The third kappa shape index (κ3) is 2.28. The average Bonchev–Trinajstić information content (AvgIpc) is 2.17. The van der Waals surface area contributed by atoms with Gasteiger partial charge in [-0.25, -0.2) is 0 Å². The van der Waals surface area contributed by atoms with Crippen LogP contribution in [-0.2, 0) is 0 Å². The number of aromatic nitrogens is 1. The topological polar surface area (TPSA) is 40.0 Å². The predicted molar refractivity (Wildman–Crippen MR) is 55.2 cm³/mol. The maximum atomic E-state index is 7.79. The van der Waals surface area contributed by atoms with E-state index < -0.39 is 0 Å². The second-order valence-electron chi connectivity index (χ2n) is 3.31. The molecule has 0 aliphatic rings. The maximum Gasteiger partial charge on any atom is 0.103 e. The average molecular weight is 177 g/mol. The van der Waals surface area contributed by atoms with Crippen LogP contribution in [0.2, 0.25) is 0 Å². The van der Waals surface area contributed by atoms with E-state index in [1.807, 2.05) is 37.9 Å². The number of hydrogen-bond donors (Lipinski definition) is 1. The van der Waals surface area contributed by atoms with Gasteiger partial charge in [-0.15, -0.1) is 0 Å². The molecule has 3 nitrogen and oxygen atoms in total. The highest BCUT2D eigenvalue weighted by Gasteiger charge is 2.09. The zero-order valence-electron chi connectivity index (χ0n) is 8.28. The first-order chi connectivity index (χ1) is 6.13. The van der Waals surface area contributed by atoms with Crippen LogP contribution >= 0.6 is 0 Å². The van der Waals surface area contributed by atoms with E-state index in [9.17, 15) is 0 Å². The van der Waals surface area contributed by atoms with Gasteiger partial charge in [0.15, 0.2) is 0 Å². The quantitative estimate of drug-likeness (QED) is 0.555. The number of anilines is 1. The highest BCUT2D eigenvalue weighted by atomic mass is 15.1. The Bertz CT molecular complexity index is 279. The molecule has 0 atom stereocenters. The number of nitrogens with zero attached hydrogens (tertiary/aromatic N) is 2. The van der Waals surface area contributed by atoms with Crippen molar-refractivity contribution in [2.45, 2.75) is 13.8 Å². The fourth-order valence-electron chi connectivity index (χ4n) is 1.08. The molecule has 1 N–H and O–H groups in total. The monoisotopic (exact) mass is 177 g/mol. The van der Waals surface area contributed by atoms with E-state index in [-0.39, 0.29) is 5.92 Å². The second-order valence-corrected chi connectivity index (χ2v) is 3.31. The van der Waals surface area contributed by atoms with Crippen molar-refractivity contribution in [1.29, 1.82) is 5.41 Å². The molecule has 0 unspecified atom stereocenters. The summed E-state index contributed by atoms with van der Waals surface area (Å²) in [6.07, 6.45) is 3.49. The van der Waals surface area contributed by atoms with E-state index in [1.54, 1.807) is 12.4 Å². The molecule has 13 heavy (non-hydrogen) atoms. The van der Waals surface area contributed by atoms with Gasteiger partial charge in [0.25, 0.3) is 0 Å². The summed E-state index contributed by atoms with van der Waals surface area (Å²) in [5.74, 6) is 0.846. The summed E-state index contributed by atoms with van der Waals surface area (Å²) < 4.78 is 0. The lowest BCUT2D eigenvalue weighted by Crippen LogP contribution is -2.29. The Morgan fingerprint density at radius 2 is 2.23 bits per heavy atom. The van der Waals surface area contributed by atoms with Crippen molar-refractivity contribution in [3.05, 3.63) is 24.5 Å². The van der Waals surface area contributed by atoms with Crippen LogP contribution in [0, 0.1) is 11.3 Å². The molecule has 1 rings (SSSR count). The molecule has 0 aliphatic carbocycles. The van der Waals surface area contributed by atoms with Gasteiger partial charge >= 0.3 is 0 Å². The molecular weight excluding hydrogens is 162 g/mol. The van der Waals surface area contributed by atoms with Gasteiger partial charge in [0.1, 0.15) is 5.84 Å². The summed E-state index contributed by atoms with van der Waals surface area (Å²) in [6, 6.07) is 3.82. The SMILES string of the molecule is CC(C)C(=N)N(C)c1cccnc1. The molecule has 0 spiro atoms. The summed E-state index contributed by atoms with van der Waals surface area (Å²) in [5.41, 5.74) is 0.959. The lowest BCUT2D eigenvalue weighted by molar-refractivity contribution is 0.849. The fourth-order valence-corrected chi connectivity index (χ4v) is 1.08. The van der Waals surface area contributed by atoms with Gasteiger partial charge in [-0.2, -0.15) is 0 Å². The van der Waals surface area contributed by atoms with Gasteiger partial charge in [-0.1, -0.05) is 13.8 Å². The molecule has 0 aromatic carbocycles. The molecule has 0 saturated carbocycles. The van der Waals surface area contributed by atoms with E-state index in [0.717, 1.165) is 5.69 Å². The first-order valence-corrected chi connectivity index (χ1v) is 4.35. The minimum atomic E-state index is 0.241. The smallest absolute Gasteiger partial charge is 0.103 e. The number of rotatable bonds is 2. The maximum absolute atomic E-state index is 7.79. The number of pyridine rings is 1. The standard InChI is InChI=1S/C10H15N3/c1-8(2)10(11)13(3)9-5-4-6-12-7-9/h4-8,11H,1-3H3. The number of nitrogens with one attached hydrogen (secondary N) is 1. The van der Waals surface area contributed by atoms with Crippen LogP contribution < -0.4 is 4.90 Å². The van der Waals surface area contributed by atoms with Crippen LogP contribution in [-0.4, -0.2) is 17.9 Å². The summed E-state index contributed by atoms with van der Waals surface area (Å²) in [4.78, 5) is 5.85. The molecule has 3 heteroatoms.